The quantitative estimate of drug-likeness (QED) is 0.771. The highest BCUT2D eigenvalue weighted by Gasteiger charge is 2.30. The van der Waals surface area contributed by atoms with E-state index in [1.807, 2.05) is 36.9 Å². The number of hydrogen-bond acceptors (Lipinski definition) is 7. The van der Waals surface area contributed by atoms with Gasteiger partial charge in [-0.1, -0.05) is 0 Å². The van der Waals surface area contributed by atoms with Crippen molar-refractivity contribution in [2.75, 3.05) is 50.1 Å². The summed E-state index contributed by atoms with van der Waals surface area (Å²) in [5, 5.41) is 3.21. The van der Waals surface area contributed by atoms with Gasteiger partial charge in [0.1, 0.15) is 11.9 Å². The number of aromatic nitrogens is 2. The Hall–Kier alpha value is -1.89. The molecule has 0 aliphatic carbocycles. The zero-order chi connectivity index (χ0) is 14.5. The fraction of sp³-hybridized carbons (Fsp3) is 0.615. The molecular formula is C13H21N5O2. The first kappa shape index (κ1) is 14.5. The minimum Gasteiger partial charge on any atom is -0.464 e. The van der Waals surface area contributed by atoms with Crippen LogP contribution in [0.3, 0.4) is 0 Å². The molecule has 1 N–H and O–H groups in total. The average molecular weight is 279 g/mol. The molecule has 7 heteroatoms. The zero-order valence-corrected chi connectivity index (χ0v) is 12.2. The summed E-state index contributed by atoms with van der Waals surface area (Å²) in [6, 6.07) is 1.48. The van der Waals surface area contributed by atoms with Gasteiger partial charge in [0.15, 0.2) is 0 Å². The fourth-order valence-corrected chi connectivity index (χ4v) is 2.14. The molecule has 2 heterocycles. The molecule has 0 radical (unpaired) electrons. The van der Waals surface area contributed by atoms with E-state index in [2.05, 4.69) is 15.3 Å². The van der Waals surface area contributed by atoms with Gasteiger partial charge in [0.2, 0.25) is 5.95 Å². The average Bonchev–Trinajstić information content (AvgIpc) is 2.47. The minimum absolute atomic E-state index is 0.218. The lowest BCUT2D eigenvalue weighted by Gasteiger charge is -2.35. The van der Waals surface area contributed by atoms with Crippen LogP contribution in [0.25, 0.3) is 0 Å². The lowest BCUT2D eigenvalue weighted by Crippen LogP contribution is -2.56. The van der Waals surface area contributed by atoms with E-state index >= 15 is 0 Å². The molecule has 1 fully saturated rings. The van der Waals surface area contributed by atoms with Crippen LogP contribution >= 0.6 is 0 Å². The van der Waals surface area contributed by atoms with Crippen LogP contribution in [0.15, 0.2) is 12.3 Å². The molecule has 1 saturated heterocycles. The fourth-order valence-electron chi connectivity index (χ4n) is 2.14. The van der Waals surface area contributed by atoms with Gasteiger partial charge in [0.25, 0.3) is 0 Å². The second-order valence-corrected chi connectivity index (χ2v) is 4.77. The molecule has 1 aromatic heterocycles. The highest BCUT2D eigenvalue weighted by atomic mass is 16.5. The number of carbonyl (C=O) groups excluding carboxylic acids is 1. The summed E-state index contributed by atoms with van der Waals surface area (Å²) in [5.74, 6) is 1.16. The number of esters is 1. The van der Waals surface area contributed by atoms with Crippen molar-refractivity contribution in [2.45, 2.75) is 13.0 Å². The smallest absolute Gasteiger partial charge is 0.330 e. The molecule has 0 bridgehead atoms. The third kappa shape index (κ3) is 3.16. The predicted molar refractivity (Wildman–Crippen MR) is 77.0 cm³/mol. The number of hydrogen-bond donors (Lipinski definition) is 1. The van der Waals surface area contributed by atoms with Gasteiger partial charge in [-0.25, -0.2) is 9.78 Å². The summed E-state index contributed by atoms with van der Waals surface area (Å²) in [6.07, 6.45) is 1.71. The molecule has 20 heavy (non-hydrogen) atoms. The van der Waals surface area contributed by atoms with Gasteiger partial charge in [0.05, 0.1) is 6.61 Å². The molecule has 110 valence electrons. The van der Waals surface area contributed by atoms with E-state index in [4.69, 9.17) is 4.74 Å². The van der Waals surface area contributed by atoms with Crippen LogP contribution < -0.4 is 15.1 Å². The first-order valence-corrected chi connectivity index (χ1v) is 6.78. The Morgan fingerprint density at radius 1 is 1.60 bits per heavy atom. The lowest BCUT2D eigenvalue weighted by atomic mass is 10.2. The molecule has 1 aliphatic rings. The van der Waals surface area contributed by atoms with Crippen molar-refractivity contribution >= 4 is 17.7 Å². The first-order valence-electron chi connectivity index (χ1n) is 6.78. The first-order chi connectivity index (χ1) is 9.63. The SMILES string of the molecule is CCOC(=O)C1CNCCN1c1ccnc(N(C)C)n1. The summed E-state index contributed by atoms with van der Waals surface area (Å²) < 4.78 is 5.14. The summed E-state index contributed by atoms with van der Waals surface area (Å²) >= 11 is 0. The maximum Gasteiger partial charge on any atom is 0.330 e. The number of carbonyl (C=O) groups is 1. The third-order valence-electron chi connectivity index (χ3n) is 3.12. The summed E-state index contributed by atoms with van der Waals surface area (Å²) in [6.45, 7) is 4.30. The van der Waals surface area contributed by atoms with Gasteiger partial charge in [-0.05, 0) is 13.0 Å². The van der Waals surface area contributed by atoms with E-state index in [1.165, 1.54) is 0 Å². The van der Waals surface area contributed by atoms with Crippen LogP contribution in [-0.4, -0.2) is 62.3 Å². The van der Waals surface area contributed by atoms with Crippen molar-refractivity contribution < 1.29 is 9.53 Å². The number of rotatable bonds is 4. The third-order valence-corrected chi connectivity index (χ3v) is 3.12. The van der Waals surface area contributed by atoms with Gasteiger partial charge in [0, 0.05) is 39.9 Å². The highest BCUT2D eigenvalue weighted by Crippen LogP contribution is 2.18. The van der Waals surface area contributed by atoms with E-state index in [1.54, 1.807) is 6.20 Å². The largest absolute Gasteiger partial charge is 0.464 e. The molecule has 1 unspecified atom stereocenters. The molecule has 7 nitrogen and oxygen atoms in total. The summed E-state index contributed by atoms with van der Waals surface area (Å²) in [5.41, 5.74) is 0. The van der Waals surface area contributed by atoms with E-state index in [9.17, 15) is 4.79 Å². The van der Waals surface area contributed by atoms with Gasteiger partial charge < -0.3 is 19.9 Å². The number of nitrogens with one attached hydrogen (secondary N) is 1. The van der Waals surface area contributed by atoms with Crippen LogP contribution in [-0.2, 0) is 9.53 Å². The summed E-state index contributed by atoms with van der Waals surface area (Å²) in [7, 11) is 3.78. The number of ether oxygens (including phenoxy) is 1. The number of anilines is 2. The summed E-state index contributed by atoms with van der Waals surface area (Å²) in [4.78, 5) is 24.5. The molecule has 1 atom stereocenters. The molecule has 0 amide bonds. The Balaban J connectivity index is 2.23. The Morgan fingerprint density at radius 2 is 2.40 bits per heavy atom. The van der Waals surface area contributed by atoms with Gasteiger partial charge in [-0.15, -0.1) is 0 Å². The molecule has 0 saturated carbocycles. The van der Waals surface area contributed by atoms with Crippen molar-refractivity contribution in [1.82, 2.24) is 15.3 Å². The molecule has 1 aromatic rings. The standard InChI is InChI=1S/C13H21N5O2/c1-4-20-12(19)10-9-14-7-8-18(10)11-5-6-15-13(16-11)17(2)3/h5-6,10,14H,4,7-9H2,1-3H3. The number of nitrogens with zero attached hydrogens (tertiary/aromatic N) is 4. The second-order valence-electron chi connectivity index (χ2n) is 4.77. The Morgan fingerprint density at radius 3 is 3.10 bits per heavy atom. The number of piperazine rings is 1. The Kier molecular flexibility index (Phi) is 4.73. The van der Waals surface area contributed by atoms with Crippen LogP contribution in [0.4, 0.5) is 11.8 Å². The van der Waals surface area contributed by atoms with E-state index < -0.39 is 0 Å². The Bertz CT molecular complexity index is 466. The van der Waals surface area contributed by atoms with Gasteiger partial charge in [-0.2, -0.15) is 4.98 Å². The normalized spacial score (nSPS) is 18.8. The van der Waals surface area contributed by atoms with Crippen molar-refractivity contribution in [3.8, 4) is 0 Å². The van der Waals surface area contributed by atoms with Crippen LogP contribution in [0.2, 0.25) is 0 Å². The van der Waals surface area contributed by atoms with Crippen molar-refractivity contribution in [3.05, 3.63) is 12.3 Å². The maximum absolute atomic E-state index is 12.0. The maximum atomic E-state index is 12.0. The molecular weight excluding hydrogens is 258 g/mol. The molecule has 0 spiro atoms. The topological polar surface area (TPSA) is 70.6 Å². The van der Waals surface area contributed by atoms with E-state index in [0.717, 1.165) is 12.4 Å². The second kappa shape index (κ2) is 6.51. The monoisotopic (exact) mass is 279 g/mol. The lowest BCUT2D eigenvalue weighted by molar-refractivity contribution is -0.144. The van der Waals surface area contributed by atoms with Crippen LogP contribution in [0.5, 0.6) is 0 Å². The van der Waals surface area contributed by atoms with E-state index in [-0.39, 0.29) is 12.0 Å². The van der Waals surface area contributed by atoms with Gasteiger partial charge >= 0.3 is 5.97 Å². The zero-order valence-electron chi connectivity index (χ0n) is 12.2. The minimum atomic E-state index is -0.339. The van der Waals surface area contributed by atoms with Crippen molar-refractivity contribution in [1.29, 1.82) is 0 Å². The highest BCUT2D eigenvalue weighted by molar-refractivity contribution is 5.80. The van der Waals surface area contributed by atoms with Crippen LogP contribution in [0, 0.1) is 0 Å². The van der Waals surface area contributed by atoms with Crippen LogP contribution in [0.1, 0.15) is 6.92 Å². The Labute approximate surface area is 118 Å². The van der Waals surface area contributed by atoms with Gasteiger partial charge in [-0.3, -0.25) is 0 Å². The predicted octanol–water partition coefficient (Wildman–Crippen LogP) is -0.116. The van der Waals surface area contributed by atoms with Crippen molar-refractivity contribution in [2.24, 2.45) is 0 Å². The molecule has 1 aliphatic heterocycles. The van der Waals surface area contributed by atoms with E-state index in [0.29, 0.717) is 25.6 Å². The molecule has 2 rings (SSSR count). The molecule has 0 aromatic carbocycles. The van der Waals surface area contributed by atoms with Crippen molar-refractivity contribution in [3.63, 3.8) is 0 Å².